The second-order valence-corrected chi connectivity index (χ2v) is 7.20. The number of amides is 2. The standard InChI is InChI=1S/C20H21Cl2N3O4/c1-3-17(20(27)23-2)24(12-14-8-9-15(21)11-16(14)22)19(26)10-13-6-4-5-7-18(13)25(28)29/h4-9,11,17H,3,10,12H2,1-2H3,(H,23,27)/t17-/m0/s1. The van der Waals surface area contributed by atoms with Crippen molar-refractivity contribution in [3.05, 3.63) is 73.8 Å². The molecule has 154 valence electrons. The van der Waals surface area contributed by atoms with Gasteiger partial charge in [-0.15, -0.1) is 0 Å². The molecule has 0 saturated heterocycles. The number of halogens is 2. The molecule has 1 atom stereocenters. The summed E-state index contributed by atoms with van der Waals surface area (Å²) in [6.45, 7) is 1.86. The first-order valence-electron chi connectivity index (χ1n) is 8.95. The summed E-state index contributed by atoms with van der Waals surface area (Å²) in [4.78, 5) is 37.7. The fourth-order valence-electron chi connectivity index (χ4n) is 3.02. The normalized spacial score (nSPS) is 11.6. The Kier molecular flexibility index (Phi) is 7.99. The van der Waals surface area contributed by atoms with Crippen LogP contribution in [-0.4, -0.2) is 34.7 Å². The quantitative estimate of drug-likeness (QED) is 0.498. The maximum Gasteiger partial charge on any atom is 0.273 e. The van der Waals surface area contributed by atoms with Crippen LogP contribution in [0.15, 0.2) is 42.5 Å². The van der Waals surface area contributed by atoms with E-state index in [0.717, 1.165) is 0 Å². The van der Waals surface area contributed by atoms with Gasteiger partial charge in [0, 0.05) is 35.3 Å². The highest BCUT2D eigenvalue weighted by molar-refractivity contribution is 6.35. The maximum absolute atomic E-state index is 13.1. The van der Waals surface area contributed by atoms with Gasteiger partial charge in [-0.2, -0.15) is 0 Å². The minimum absolute atomic E-state index is 0.0708. The van der Waals surface area contributed by atoms with Gasteiger partial charge >= 0.3 is 0 Å². The molecule has 0 unspecified atom stereocenters. The van der Waals surface area contributed by atoms with Crippen LogP contribution in [0, 0.1) is 10.1 Å². The molecule has 2 aromatic rings. The van der Waals surface area contributed by atoms with Crippen molar-refractivity contribution in [2.24, 2.45) is 0 Å². The van der Waals surface area contributed by atoms with Crippen LogP contribution < -0.4 is 5.32 Å². The van der Waals surface area contributed by atoms with E-state index < -0.39 is 16.9 Å². The molecule has 0 aromatic heterocycles. The van der Waals surface area contributed by atoms with Crippen molar-refractivity contribution in [2.45, 2.75) is 32.4 Å². The second kappa shape index (κ2) is 10.2. The van der Waals surface area contributed by atoms with E-state index in [1.807, 2.05) is 0 Å². The molecule has 0 aliphatic heterocycles. The van der Waals surface area contributed by atoms with Gasteiger partial charge in [0.05, 0.1) is 11.3 Å². The van der Waals surface area contributed by atoms with E-state index in [-0.39, 0.29) is 30.1 Å². The Labute approximate surface area is 178 Å². The van der Waals surface area contributed by atoms with Crippen molar-refractivity contribution >= 4 is 40.7 Å². The van der Waals surface area contributed by atoms with Gasteiger partial charge in [0.2, 0.25) is 11.8 Å². The van der Waals surface area contributed by atoms with Crippen LogP contribution in [0.25, 0.3) is 0 Å². The van der Waals surface area contributed by atoms with Crippen LogP contribution in [0.2, 0.25) is 10.0 Å². The van der Waals surface area contributed by atoms with E-state index in [9.17, 15) is 19.7 Å². The highest BCUT2D eigenvalue weighted by Crippen LogP contribution is 2.25. The molecule has 2 rings (SSSR count). The van der Waals surface area contributed by atoms with Crippen molar-refractivity contribution in [1.82, 2.24) is 10.2 Å². The number of carbonyl (C=O) groups is 2. The number of para-hydroxylation sites is 1. The van der Waals surface area contributed by atoms with Gasteiger partial charge in [-0.05, 0) is 24.1 Å². The van der Waals surface area contributed by atoms with Crippen LogP contribution >= 0.6 is 23.2 Å². The minimum atomic E-state index is -0.748. The smallest absolute Gasteiger partial charge is 0.273 e. The molecule has 0 bridgehead atoms. The van der Waals surface area contributed by atoms with Crippen LogP contribution in [0.5, 0.6) is 0 Å². The summed E-state index contributed by atoms with van der Waals surface area (Å²) in [5, 5.41) is 14.7. The third kappa shape index (κ3) is 5.68. The topological polar surface area (TPSA) is 92.6 Å². The number of nitrogens with one attached hydrogen (secondary N) is 1. The number of hydrogen-bond donors (Lipinski definition) is 1. The Hall–Kier alpha value is -2.64. The molecule has 0 heterocycles. The third-order valence-electron chi connectivity index (χ3n) is 4.52. The number of nitrogens with zero attached hydrogens (tertiary/aromatic N) is 2. The van der Waals surface area contributed by atoms with E-state index in [1.54, 1.807) is 31.2 Å². The van der Waals surface area contributed by atoms with Gasteiger partial charge in [-0.1, -0.05) is 54.4 Å². The van der Waals surface area contributed by atoms with E-state index in [4.69, 9.17) is 23.2 Å². The second-order valence-electron chi connectivity index (χ2n) is 6.36. The number of carbonyl (C=O) groups excluding carboxylic acids is 2. The molecule has 29 heavy (non-hydrogen) atoms. The first-order chi connectivity index (χ1) is 13.8. The molecule has 7 nitrogen and oxygen atoms in total. The van der Waals surface area contributed by atoms with E-state index >= 15 is 0 Å². The summed E-state index contributed by atoms with van der Waals surface area (Å²) >= 11 is 12.2. The van der Waals surface area contributed by atoms with E-state index in [1.165, 1.54) is 30.1 Å². The Balaban J connectivity index is 2.39. The molecular formula is C20H21Cl2N3O4. The van der Waals surface area contributed by atoms with E-state index in [0.29, 0.717) is 22.0 Å². The lowest BCUT2D eigenvalue weighted by Gasteiger charge is -2.30. The Morgan fingerprint density at radius 3 is 2.45 bits per heavy atom. The zero-order chi connectivity index (χ0) is 21.6. The average Bonchev–Trinajstić information content (AvgIpc) is 2.69. The molecular weight excluding hydrogens is 417 g/mol. The lowest BCUT2D eigenvalue weighted by Crippen LogP contribution is -2.48. The van der Waals surface area contributed by atoms with Gasteiger partial charge in [0.15, 0.2) is 0 Å². The lowest BCUT2D eigenvalue weighted by molar-refractivity contribution is -0.385. The first kappa shape index (κ1) is 22.6. The number of nitro benzene ring substituents is 1. The predicted molar refractivity (Wildman–Crippen MR) is 112 cm³/mol. The molecule has 2 amide bonds. The van der Waals surface area contributed by atoms with Crippen molar-refractivity contribution in [3.8, 4) is 0 Å². The van der Waals surface area contributed by atoms with Crippen molar-refractivity contribution in [1.29, 1.82) is 0 Å². The summed E-state index contributed by atoms with van der Waals surface area (Å²) < 4.78 is 0. The van der Waals surface area contributed by atoms with Crippen molar-refractivity contribution in [2.75, 3.05) is 7.05 Å². The van der Waals surface area contributed by atoms with Crippen LogP contribution in [-0.2, 0) is 22.6 Å². The number of nitro groups is 1. The Morgan fingerprint density at radius 1 is 1.17 bits per heavy atom. The Bertz CT molecular complexity index is 920. The third-order valence-corrected chi connectivity index (χ3v) is 5.11. The average molecular weight is 438 g/mol. The van der Waals surface area contributed by atoms with Gasteiger partial charge in [0.1, 0.15) is 6.04 Å². The number of likely N-dealkylation sites (N-methyl/N-ethyl adjacent to an activating group) is 1. The minimum Gasteiger partial charge on any atom is -0.357 e. The molecule has 9 heteroatoms. The molecule has 0 radical (unpaired) electrons. The fraction of sp³-hybridized carbons (Fsp3) is 0.300. The summed E-state index contributed by atoms with van der Waals surface area (Å²) in [7, 11) is 1.49. The van der Waals surface area contributed by atoms with E-state index in [2.05, 4.69) is 5.32 Å². The molecule has 2 aromatic carbocycles. The van der Waals surface area contributed by atoms with Gasteiger partial charge in [-0.3, -0.25) is 19.7 Å². The number of rotatable bonds is 8. The molecule has 0 spiro atoms. The van der Waals surface area contributed by atoms with Gasteiger partial charge in [-0.25, -0.2) is 0 Å². The van der Waals surface area contributed by atoms with Crippen molar-refractivity contribution < 1.29 is 14.5 Å². The summed E-state index contributed by atoms with van der Waals surface area (Å²) in [5.74, 6) is -0.741. The zero-order valence-electron chi connectivity index (χ0n) is 16.0. The Morgan fingerprint density at radius 2 is 1.86 bits per heavy atom. The summed E-state index contributed by atoms with van der Waals surface area (Å²) in [6, 6.07) is 10.2. The van der Waals surface area contributed by atoms with Gasteiger partial charge in [0.25, 0.3) is 5.69 Å². The van der Waals surface area contributed by atoms with Crippen LogP contribution in [0.1, 0.15) is 24.5 Å². The summed E-state index contributed by atoms with van der Waals surface area (Å²) in [5.41, 5.74) is 0.758. The highest BCUT2D eigenvalue weighted by atomic mass is 35.5. The van der Waals surface area contributed by atoms with Crippen molar-refractivity contribution in [3.63, 3.8) is 0 Å². The molecule has 0 saturated carbocycles. The molecule has 1 N–H and O–H groups in total. The fourth-order valence-corrected chi connectivity index (χ4v) is 3.49. The van der Waals surface area contributed by atoms with Gasteiger partial charge < -0.3 is 10.2 Å². The molecule has 0 fully saturated rings. The molecule has 0 aliphatic carbocycles. The summed E-state index contributed by atoms with van der Waals surface area (Å²) in [6.07, 6.45) is 0.156. The zero-order valence-corrected chi connectivity index (χ0v) is 17.5. The lowest BCUT2D eigenvalue weighted by atomic mass is 10.1. The maximum atomic E-state index is 13.1. The van der Waals surface area contributed by atoms with Crippen LogP contribution in [0.4, 0.5) is 5.69 Å². The predicted octanol–water partition coefficient (Wildman–Crippen LogP) is 4.00. The first-order valence-corrected chi connectivity index (χ1v) is 9.71. The number of benzene rings is 2. The largest absolute Gasteiger partial charge is 0.357 e. The highest BCUT2D eigenvalue weighted by Gasteiger charge is 2.29. The number of hydrogen-bond acceptors (Lipinski definition) is 4. The van der Waals surface area contributed by atoms with Crippen LogP contribution in [0.3, 0.4) is 0 Å². The SMILES string of the molecule is CC[C@@H](C(=O)NC)N(Cc1ccc(Cl)cc1Cl)C(=O)Cc1ccccc1[N+](=O)[O-]. The molecule has 0 aliphatic rings. The monoisotopic (exact) mass is 437 g/mol.